The second-order valence-electron chi connectivity index (χ2n) is 8.11. The summed E-state index contributed by atoms with van der Waals surface area (Å²) in [5, 5.41) is 21.9. The minimum atomic E-state index is -4.46. The van der Waals surface area contributed by atoms with Crippen LogP contribution in [0.1, 0.15) is 46.5 Å². The van der Waals surface area contributed by atoms with Gasteiger partial charge < -0.3 is 24.4 Å². The van der Waals surface area contributed by atoms with E-state index in [0.29, 0.717) is 19.3 Å². The zero-order valence-electron chi connectivity index (χ0n) is 14.8. The predicted molar refractivity (Wildman–Crippen MR) is 81.1 cm³/mol. The quantitative estimate of drug-likeness (QED) is 0.785. The van der Waals surface area contributed by atoms with Crippen molar-refractivity contribution in [2.24, 2.45) is 23.7 Å². The highest BCUT2D eigenvalue weighted by Gasteiger charge is 2.63. The Bertz CT molecular complexity index is 497. The van der Waals surface area contributed by atoms with E-state index in [4.69, 9.17) is 14.2 Å². The van der Waals surface area contributed by atoms with Crippen molar-refractivity contribution in [1.82, 2.24) is 0 Å². The smallest absolute Gasteiger partial charge is 0.384 e. The first-order chi connectivity index (χ1) is 11.4. The Labute approximate surface area is 145 Å². The van der Waals surface area contributed by atoms with E-state index >= 15 is 0 Å². The average Bonchev–Trinajstić information content (AvgIpc) is 2.57. The third kappa shape index (κ3) is 3.56. The SMILES string of the molecule is CC1CCC2C(C)C(OCC(F)(F)F)OC3OC(C)(O)CCC1C32O. The first-order valence-electron chi connectivity index (χ1n) is 8.90. The highest BCUT2D eigenvalue weighted by Crippen LogP contribution is 2.55. The van der Waals surface area contributed by atoms with Crippen LogP contribution >= 0.6 is 0 Å². The van der Waals surface area contributed by atoms with E-state index in [2.05, 4.69) is 0 Å². The standard InChI is InChI=1S/C17H27F3O5/c1-9-4-5-12-10(2)13(23-8-16(18,19)20)24-14-17(12,22)11(9)6-7-15(3,21)25-14/h9-14,21-22H,4-8H2,1-3H3. The molecule has 8 unspecified atom stereocenters. The molecule has 8 heteroatoms. The van der Waals surface area contributed by atoms with E-state index in [-0.39, 0.29) is 17.8 Å². The van der Waals surface area contributed by atoms with Gasteiger partial charge in [-0.3, -0.25) is 0 Å². The van der Waals surface area contributed by atoms with Crippen molar-refractivity contribution in [3.8, 4) is 0 Å². The lowest BCUT2D eigenvalue weighted by Crippen LogP contribution is -2.67. The molecule has 1 saturated carbocycles. The van der Waals surface area contributed by atoms with Crippen molar-refractivity contribution in [3.05, 3.63) is 0 Å². The topological polar surface area (TPSA) is 68.2 Å². The summed E-state index contributed by atoms with van der Waals surface area (Å²) in [7, 11) is 0. The molecule has 146 valence electrons. The number of hydrogen-bond donors (Lipinski definition) is 2. The molecule has 2 saturated heterocycles. The normalized spacial score (nSPS) is 50.9. The van der Waals surface area contributed by atoms with Gasteiger partial charge in [-0.25, -0.2) is 0 Å². The third-order valence-corrected chi connectivity index (χ3v) is 6.20. The molecule has 2 aliphatic heterocycles. The van der Waals surface area contributed by atoms with Crippen LogP contribution in [-0.2, 0) is 14.2 Å². The molecule has 0 aromatic carbocycles. The summed E-state index contributed by atoms with van der Waals surface area (Å²) < 4.78 is 53.8. The first kappa shape index (κ1) is 19.4. The van der Waals surface area contributed by atoms with Crippen LogP contribution in [0, 0.1) is 23.7 Å². The van der Waals surface area contributed by atoms with E-state index in [0.717, 1.165) is 6.42 Å². The average molecular weight is 368 g/mol. The van der Waals surface area contributed by atoms with E-state index in [9.17, 15) is 23.4 Å². The molecule has 0 aromatic rings. The largest absolute Gasteiger partial charge is 0.411 e. The van der Waals surface area contributed by atoms with Crippen LogP contribution in [0.15, 0.2) is 0 Å². The summed E-state index contributed by atoms with van der Waals surface area (Å²) in [5.41, 5.74) is -1.34. The third-order valence-electron chi connectivity index (χ3n) is 6.20. The summed E-state index contributed by atoms with van der Waals surface area (Å²) >= 11 is 0. The minimum Gasteiger partial charge on any atom is -0.384 e. The van der Waals surface area contributed by atoms with Crippen molar-refractivity contribution >= 4 is 0 Å². The Morgan fingerprint density at radius 1 is 1.12 bits per heavy atom. The van der Waals surface area contributed by atoms with Crippen molar-refractivity contribution in [3.63, 3.8) is 0 Å². The van der Waals surface area contributed by atoms with Crippen molar-refractivity contribution in [1.29, 1.82) is 0 Å². The van der Waals surface area contributed by atoms with E-state index < -0.39 is 42.7 Å². The number of aliphatic hydroxyl groups is 2. The monoisotopic (exact) mass is 368 g/mol. The lowest BCUT2D eigenvalue weighted by molar-refractivity contribution is -0.412. The number of ether oxygens (including phenoxy) is 3. The fraction of sp³-hybridized carbons (Fsp3) is 1.00. The Morgan fingerprint density at radius 3 is 2.44 bits per heavy atom. The molecule has 2 N–H and O–H groups in total. The molecule has 5 nitrogen and oxygen atoms in total. The van der Waals surface area contributed by atoms with E-state index in [1.807, 2.05) is 6.92 Å². The molecule has 3 aliphatic rings. The lowest BCUT2D eigenvalue weighted by Gasteiger charge is -2.57. The van der Waals surface area contributed by atoms with Crippen LogP contribution in [-0.4, -0.2) is 47.0 Å². The number of hydrogen-bond acceptors (Lipinski definition) is 5. The van der Waals surface area contributed by atoms with Crippen LogP contribution in [0.25, 0.3) is 0 Å². The molecular formula is C17H27F3O5. The van der Waals surface area contributed by atoms with Gasteiger partial charge in [0.15, 0.2) is 18.4 Å². The number of alkyl halides is 3. The molecule has 3 rings (SSSR count). The molecule has 0 aromatic heterocycles. The highest BCUT2D eigenvalue weighted by atomic mass is 19.4. The summed E-state index contributed by atoms with van der Waals surface area (Å²) in [6.45, 7) is 3.86. The van der Waals surface area contributed by atoms with Crippen LogP contribution in [0.3, 0.4) is 0 Å². The molecule has 0 spiro atoms. The van der Waals surface area contributed by atoms with Crippen LogP contribution in [0.4, 0.5) is 13.2 Å². The van der Waals surface area contributed by atoms with Gasteiger partial charge in [-0.1, -0.05) is 13.8 Å². The van der Waals surface area contributed by atoms with Gasteiger partial charge in [-0.2, -0.15) is 13.2 Å². The second kappa shape index (κ2) is 6.34. The van der Waals surface area contributed by atoms with E-state index in [1.165, 1.54) is 6.92 Å². The maximum absolute atomic E-state index is 12.5. The van der Waals surface area contributed by atoms with Gasteiger partial charge >= 0.3 is 6.18 Å². The molecule has 0 radical (unpaired) electrons. The summed E-state index contributed by atoms with van der Waals surface area (Å²) in [5.74, 6) is -2.15. The molecule has 1 aliphatic carbocycles. The minimum absolute atomic E-state index is 0.142. The molecule has 25 heavy (non-hydrogen) atoms. The number of halogens is 3. The summed E-state index contributed by atoms with van der Waals surface area (Å²) in [6, 6.07) is 0. The number of rotatable bonds is 2. The van der Waals surface area contributed by atoms with Gasteiger partial charge in [0, 0.05) is 18.3 Å². The Balaban J connectivity index is 1.89. The molecule has 3 fully saturated rings. The van der Waals surface area contributed by atoms with Gasteiger partial charge in [0.05, 0.1) is 0 Å². The van der Waals surface area contributed by atoms with Gasteiger partial charge in [0.2, 0.25) is 0 Å². The van der Waals surface area contributed by atoms with Crippen LogP contribution < -0.4 is 0 Å². The molecule has 8 atom stereocenters. The Kier molecular flexibility index (Phi) is 4.90. The van der Waals surface area contributed by atoms with Gasteiger partial charge in [0.25, 0.3) is 0 Å². The molecule has 0 amide bonds. The van der Waals surface area contributed by atoms with Gasteiger partial charge in [-0.05, 0) is 38.0 Å². The maximum atomic E-state index is 12.5. The first-order valence-corrected chi connectivity index (χ1v) is 8.90. The van der Waals surface area contributed by atoms with Crippen LogP contribution in [0.5, 0.6) is 0 Å². The zero-order chi connectivity index (χ0) is 18.6. The summed E-state index contributed by atoms with van der Waals surface area (Å²) in [4.78, 5) is 0. The highest BCUT2D eigenvalue weighted by molar-refractivity contribution is 5.07. The zero-order valence-corrected chi connectivity index (χ0v) is 14.8. The maximum Gasteiger partial charge on any atom is 0.411 e. The van der Waals surface area contributed by atoms with Crippen molar-refractivity contribution in [2.45, 2.75) is 76.6 Å². The van der Waals surface area contributed by atoms with E-state index in [1.54, 1.807) is 6.92 Å². The predicted octanol–water partition coefficient (Wildman–Crippen LogP) is 2.80. The van der Waals surface area contributed by atoms with Crippen molar-refractivity contribution in [2.75, 3.05) is 6.61 Å². The Morgan fingerprint density at radius 2 is 1.80 bits per heavy atom. The van der Waals surface area contributed by atoms with Crippen molar-refractivity contribution < 1.29 is 37.6 Å². The van der Waals surface area contributed by atoms with Gasteiger partial charge in [0.1, 0.15) is 12.2 Å². The molecule has 0 bridgehead atoms. The van der Waals surface area contributed by atoms with Crippen LogP contribution in [0.2, 0.25) is 0 Å². The summed E-state index contributed by atoms with van der Waals surface area (Å²) in [6.07, 6.45) is -4.38. The Hall–Kier alpha value is -0.410. The fourth-order valence-electron chi connectivity index (χ4n) is 4.90. The van der Waals surface area contributed by atoms with Gasteiger partial charge in [-0.15, -0.1) is 0 Å². The second-order valence-corrected chi connectivity index (χ2v) is 8.11. The fourth-order valence-corrected chi connectivity index (χ4v) is 4.90. The molecule has 2 heterocycles. The lowest BCUT2D eigenvalue weighted by atomic mass is 9.58. The molecular weight excluding hydrogens is 341 g/mol.